The molecule has 1 amide bonds. The van der Waals surface area contributed by atoms with Crippen molar-refractivity contribution in [3.05, 3.63) is 44.5 Å². The molecule has 3 rings (SSSR count). The van der Waals surface area contributed by atoms with Crippen molar-refractivity contribution in [2.24, 2.45) is 7.05 Å². The molecule has 1 aromatic heterocycles. The molecular weight excluding hydrogens is 445 g/mol. The summed E-state index contributed by atoms with van der Waals surface area (Å²) in [6, 6.07) is 4.56. The lowest BCUT2D eigenvalue weighted by atomic mass is 10.0. The number of amides is 1. The van der Waals surface area contributed by atoms with Crippen LogP contribution >= 0.6 is 15.9 Å². The molecule has 1 aromatic carbocycles. The lowest BCUT2D eigenvalue weighted by molar-refractivity contribution is -0.147. The van der Waals surface area contributed by atoms with Crippen molar-refractivity contribution in [3.63, 3.8) is 0 Å². The van der Waals surface area contributed by atoms with E-state index in [4.69, 9.17) is 4.74 Å². The average molecular weight is 463 g/mol. The van der Waals surface area contributed by atoms with E-state index in [1.165, 1.54) is 7.11 Å². The van der Waals surface area contributed by atoms with E-state index in [9.17, 15) is 22.8 Å². The van der Waals surface area contributed by atoms with Gasteiger partial charge in [0.15, 0.2) is 0 Å². The van der Waals surface area contributed by atoms with Crippen molar-refractivity contribution in [2.45, 2.75) is 25.1 Å². The van der Waals surface area contributed by atoms with Crippen LogP contribution in [0.2, 0.25) is 0 Å². The van der Waals surface area contributed by atoms with Crippen LogP contribution in [0.1, 0.15) is 35.1 Å². The number of aromatic nitrogens is 3. The predicted octanol–water partition coefficient (Wildman–Crippen LogP) is 2.85. The first-order valence-electron chi connectivity index (χ1n) is 8.49. The molecule has 28 heavy (non-hydrogen) atoms. The number of nitrogens with zero attached hydrogens (tertiary/aromatic N) is 4. The van der Waals surface area contributed by atoms with E-state index in [0.29, 0.717) is 46.3 Å². The number of likely N-dealkylation sites (tertiary alicyclic amines) is 1. The van der Waals surface area contributed by atoms with Crippen LogP contribution in [-0.4, -0.2) is 45.4 Å². The lowest BCUT2D eigenvalue weighted by Crippen LogP contribution is -2.41. The molecule has 0 unspecified atom stereocenters. The van der Waals surface area contributed by atoms with E-state index >= 15 is 0 Å². The summed E-state index contributed by atoms with van der Waals surface area (Å²) in [5, 5.41) is 3.48. The Labute approximate surface area is 166 Å². The Morgan fingerprint density at radius 3 is 2.46 bits per heavy atom. The van der Waals surface area contributed by atoms with Crippen LogP contribution in [0.25, 0.3) is 0 Å². The highest BCUT2D eigenvalue weighted by atomic mass is 79.9. The third-order valence-electron chi connectivity index (χ3n) is 4.76. The van der Waals surface area contributed by atoms with Gasteiger partial charge in [-0.1, -0.05) is 0 Å². The van der Waals surface area contributed by atoms with Gasteiger partial charge in [0.1, 0.15) is 5.75 Å². The van der Waals surface area contributed by atoms with Crippen molar-refractivity contribution >= 4 is 21.8 Å². The number of hydrogen-bond donors (Lipinski definition) is 0. The van der Waals surface area contributed by atoms with E-state index in [1.54, 1.807) is 23.1 Å². The van der Waals surface area contributed by atoms with Gasteiger partial charge >= 0.3 is 11.9 Å². The van der Waals surface area contributed by atoms with Crippen LogP contribution < -0.4 is 10.4 Å². The molecule has 0 aliphatic carbocycles. The topological polar surface area (TPSA) is 69.4 Å². The van der Waals surface area contributed by atoms with Crippen LogP contribution in [0.4, 0.5) is 13.2 Å². The van der Waals surface area contributed by atoms with Crippen LogP contribution in [0.5, 0.6) is 5.75 Å². The van der Waals surface area contributed by atoms with Gasteiger partial charge in [0.25, 0.3) is 5.91 Å². The first kappa shape index (κ1) is 20.4. The van der Waals surface area contributed by atoms with Crippen LogP contribution in [-0.2, 0) is 13.2 Å². The van der Waals surface area contributed by atoms with E-state index in [1.807, 2.05) is 0 Å². The first-order chi connectivity index (χ1) is 13.1. The molecule has 0 spiro atoms. The number of rotatable bonds is 3. The fourth-order valence-electron chi connectivity index (χ4n) is 3.22. The van der Waals surface area contributed by atoms with Gasteiger partial charge in [-0.2, -0.15) is 13.2 Å². The number of halogens is 4. The molecule has 1 aliphatic rings. The summed E-state index contributed by atoms with van der Waals surface area (Å²) < 4.78 is 46.0. The standard InChI is InChI=1S/C17H18BrF3N4O3/c1-23-15(17(19,20)21)22-25(16(23)27)10-5-7-24(8-6-10)14(26)12-9-11(28-2)3-4-13(12)18/h3-4,9-10H,5-8H2,1-2H3. The molecule has 1 fully saturated rings. The van der Waals surface area contributed by atoms with Crippen molar-refractivity contribution in [1.82, 2.24) is 19.2 Å². The fourth-order valence-corrected chi connectivity index (χ4v) is 3.64. The predicted molar refractivity (Wildman–Crippen MR) is 97.3 cm³/mol. The second-order valence-corrected chi connectivity index (χ2v) is 7.33. The monoisotopic (exact) mass is 462 g/mol. The molecule has 2 aromatic rings. The number of hydrogen-bond acceptors (Lipinski definition) is 4. The zero-order chi connectivity index (χ0) is 20.6. The maximum absolute atomic E-state index is 13.0. The Morgan fingerprint density at radius 2 is 1.93 bits per heavy atom. The molecule has 11 heteroatoms. The SMILES string of the molecule is COc1ccc(Br)c(C(=O)N2CCC(n3nc(C(F)(F)F)n(C)c3=O)CC2)c1. The zero-order valence-electron chi connectivity index (χ0n) is 15.2. The Balaban J connectivity index is 1.75. The largest absolute Gasteiger partial charge is 0.497 e. The molecule has 2 heterocycles. The minimum atomic E-state index is -4.70. The molecule has 152 valence electrons. The summed E-state index contributed by atoms with van der Waals surface area (Å²) in [4.78, 5) is 26.5. The van der Waals surface area contributed by atoms with Crippen LogP contribution in [0.15, 0.2) is 27.5 Å². The van der Waals surface area contributed by atoms with Gasteiger partial charge < -0.3 is 9.64 Å². The van der Waals surface area contributed by atoms with E-state index < -0.39 is 23.7 Å². The van der Waals surface area contributed by atoms with Gasteiger partial charge in [-0.15, -0.1) is 5.10 Å². The Kier molecular flexibility index (Phi) is 5.55. The smallest absolute Gasteiger partial charge is 0.451 e. The molecule has 0 atom stereocenters. The molecule has 0 saturated carbocycles. The summed E-state index contributed by atoms with van der Waals surface area (Å²) in [6.45, 7) is 0.606. The zero-order valence-corrected chi connectivity index (χ0v) is 16.7. The molecule has 7 nitrogen and oxygen atoms in total. The van der Waals surface area contributed by atoms with Crippen molar-refractivity contribution in [1.29, 1.82) is 0 Å². The van der Waals surface area contributed by atoms with E-state index in [0.717, 1.165) is 11.7 Å². The quantitative estimate of drug-likeness (QED) is 0.703. The number of benzene rings is 1. The molecule has 1 saturated heterocycles. The summed E-state index contributed by atoms with van der Waals surface area (Å²) >= 11 is 3.35. The molecule has 0 N–H and O–H groups in total. The number of ether oxygens (including phenoxy) is 1. The van der Waals surface area contributed by atoms with Crippen LogP contribution in [0.3, 0.4) is 0 Å². The van der Waals surface area contributed by atoms with E-state index in [2.05, 4.69) is 21.0 Å². The van der Waals surface area contributed by atoms with Gasteiger partial charge in [-0.3, -0.25) is 9.36 Å². The number of carbonyl (C=O) groups excluding carboxylic acids is 1. The van der Waals surface area contributed by atoms with Gasteiger partial charge in [0.05, 0.1) is 18.7 Å². The van der Waals surface area contributed by atoms with Gasteiger partial charge in [-0.05, 0) is 47.0 Å². The van der Waals surface area contributed by atoms with E-state index in [-0.39, 0.29) is 5.91 Å². The molecule has 0 radical (unpaired) electrons. The number of methoxy groups -OCH3 is 1. The normalized spacial score (nSPS) is 15.7. The lowest BCUT2D eigenvalue weighted by Gasteiger charge is -2.32. The summed E-state index contributed by atoms with van der Waals surface area (Å²) in [5.74, 6) is -0.897. The first-order valence-corrected chi connectivity index (χ1v) is 9.28. The van der Waals surface area contributed by atoms with Crippen molar-refractivity contribution in [2.75, 3.05) is 20.2 Å². The minimum Gasteiger partial charge on any atom is -0.497 e. The molecule has 0 bridgehead atoms. The van der Waals surface area contributed by atoms with Gasteiger partial charge in [-0.25, -0.2) is 9.48 Å². The maximum atomic E-state index is 13.0. The fraction of sp³-hybridized carbons (Fsp3) is 0.471. The van der Waals surface area contributed by atoms with Crippen molar-refractivity contribution in [3.8, 4) is 5.75 Å². The third kappa shape index (κ3) is 3.80. The second-order valence-electron chi connectivity index (χ2n) is 6.48. The van der Waals surface area contributed by atoms with Gasteiger partial charge in [0.2, 0.25) is 5.82 Å². The Morgan fingerprint density at radius 1 is 1.29 bits per heavy atom. The number of carbonyl (C=O) groups is 1. The highest BCUT2D eigenvalue weighted by molar-refractivity contribution is 9.10. The molecule has 1 aliphatic heterocycles. The minimum absolute atomic E-state index is 0.214. The summed E-state index contributed by atoms with van der Waals surface area (Å²) in [6.07, 6.45) is -4.03. The summed E-state index contributed by atoms with van der Waals surface area (Å²) in [5.41, 5.74) is -0.375. The second kappa shape index (κ2) is 7.61. The Hall–Kier alpha value is -2.30. The highest BCUT2D eigenvalue weighted by Crippen LogP contribution is 2.29. The average Bonchev–Trinajstić information content (AvgIpc) is 2.97. The summed E-state index contributed by atoms with van der Waals surface area (Å²) in [7, 11) is 2.55. The highest BCUT2D eigenvalue weighted by Gasteiger charge is 2.39. The number of alkyl halides is 3. The van der Waals surface area contributed by atoms with Crippen LogP contribution in [0, 0.1) is 0 Å². The third-order valence-corrected chi connectivity index (χ3v) is 5.45. The van der Waals surface area contributed by atoms with Gasteiger partial charge in [0, 0.05) is 24.6 Å². The maximum Gasteiger partial charge on any atom is 0.451 e. The number of piperidine rings is 1. The molecular formula is C17H18BrF3N4O3. The Bertz CT molecular complexity index is 946. The van der Waals surface area contributed by atoms with Crippen molar-refractivity contribution < 1.29 is 22.7 Å².